The smallest absolute Gasteiger partial charge is 0.145 e. The molecule has 0 aromatic carbocycles. The lowest BCUT2D eigenvalue weighted by atomic mass is 10.5. The molecule has 0 heterocycles. The van der Waals surface area contributed by atoms with Crippen LogP contribution in [0, 0.1) is 0 Å². The van der Waals surface area contributed by atoms with Crippen molar-refractivity contribution in [2.24, 2.45) is 0 Å². The Kier molecular flexibility index (Phi) is 8.95. The predicted octanol–water partition coefficient (Wildman–Crippen LogP) is -0.380. The lowest BCUT2D eigenvalue weighted by Gasteiger charge is -1.99. The van der Waals surface area contributed by atoms with E-state index in [0.29, 0.717) is 0 Å². The fourth-order valence-corrected chi connectivity index (χ4v) is 0.890. The van der Waals surface area contributed by atoms with Gasteiger partial charge in [0.15, 0.2) is 0 Å². The number of ether oxygens (including phenoxy) is 1. The van der Waals surface area contributed by atoms with E-state index in [0.717, 1.165) is 42.5 Å². The topological polar surface area (TPSA) is 18.5 Å². The van der Waals surface area contributed by atoms with Crippen LogP contribution in [0.1, 0.15) is 6.42 Å². The van der Waals surface area contributed by atoms with Crippen LogP contribution in [0.15, 0.2) is 0 Å². The van der Waals surface area contributed by atoms with E-state index in [1.54, 1.807) is 0 Å². The molecule has 0 saturated heterocycles. The van der Waals surface area contributed by atoms with E-state index in [2.05, 4.69) is 12.6 Å². The van der Waals surface area contributed by atoms with Crippen molar-refractivity contribution in [1.82, 2.24) is 0 Å². The van der Waals surface area contributed by atoms with Gasteiger partial charge in [-0.1, -0.05) is 0 Å². The summed E-state index contributed by atoms with van der Waals surface area (Å²) >= 11 is 4.00. The Hall–Kier alpha value is 0.487. The summed E-state index contributed by atoms with van der Waals surface area (Å²) in [7, 11) is 0.838. The number of hydrogen-bond acceptors (Lipinski definition) is 3. The first-order valence-electron chi connectivity index (χ1n) is 3.09. The Morgan fingerprint density at radius 1 is 1.22 bits per heavy atom. The number of rotatable bonds is 6. The predicted molar refractivity (Wildman–Crippen MR) is 45.2 cm³/mol. The minimum atomic E-state index is 0.754. The summed E-state index contributed by atoms with van der Waals surface area (Å²) < 4.78 is 10.1. The van der Waals surface area contributed by atoms with Crippen molar-refractivity contribution in [3.63, 3.8) is 0 Å². The second-order valence-electron chi connectivity index (χ2n) is 1.68. The van der Waals surface area contributed by atoms with Crippen molar-refractivity contribution < 1.29 is 9.16 Å². The van der Waals surface area contributed by atoms with Gasteiger partial charge in [0.1, 0.15) is 10.5 Å². The molecule has 0 N–H and O–H groups in total. The molecule has 2 nitrogen and oxygen atoms in total. The maximum atomic E-state index is 5.14. The van der Waals surface area contributed by atoms with Crippen LogP contribution in [0.5, 0.6) is 0 Å². The second-order valence-corrected chi connectivity index (χ2v) is 2.71. The third kappa shape index (κ3) is 8.49. The molecule has 0 aliphatic heterocycles. The van der Waals surface area contributed by atoms with Crippen LogP contribution >= 0.6 is 12.6 Å². The van der Waals surface area contributed by atoms with Gasteiger partial charge in [-0.15, -0.1) is 0 Å². The molecule has 0 spiro atoms. The lowest BCUT2D eigenvalue weighted by Crippen LogP contribution is -2.01. The average Bonchev–Trinajstić information content (AvgIpc) is 1.89. The molecule has 0 aliphatic carbocycles. The first-order chi connectivity index (χ1) is 4.41. The molecule has 0 saturated carbocycles. The molecule has 56 valence electrons. The van der Waals surface area contributed by atoms with E-state index in [1.165, 1.54) is 0 Å². The summed E-state index contributed by atoms with van der Waals surface area (Å²) in [6.07, 6.45) is 1.01. The Morgan fingerprint density at radius 3 is 2.56 bits per heavy atom. The molecule has 0 aliphatic rings. The molecule has 9 heavy (non-hydrogen) atoms. The highest BCUT2D eigenvalue weighted by atomic mass is 32.1. The third-order valence-corrected chi connectivity index (χ3v) is 1.46. The van der Waals surface area contributed by atoms with Crippen molar-refractivity contribution in [1.29, 1.82) is 0 Å². The van der Waals surface area contributed by atoms with Crippen molar-refractivity contribution in [2.45, 2.75) is 6.42 Å². The minimum Gasteiger partial charge on any atom is -0.428 e. The zero-order chi connectivity index (χ0) is 6.95. The molecule has 0 radical (unpaired) electrons. The van der Waals surface area contributed by atoms with Gasteiger partial charge in [0, 0.05) is 19.0 Å². The Labute approximate surface area is 64.9 Å². The fraction of sp³-hybridized carbons (Fsp3) is 1.00. The van der Waals surface area contributed by atoms with Crippen LogP contribution in [0.4, 0.5) is 0 Å². The molecule has 0 aromatic heterocycles. The van der Waals surface area contributed by atoms with Gasteiger partial charge in [-0.05, 0) is 6.42 Å². The van der Waals surface area contributed by atoms with Crippen LogP contribution in [0.2, 0.25) is 0 Å². The van der Waals surface area contributed by atoms with E-state index in [-0.39, 0.29) is 0 Å². The van der Waals surface area contributed by atoms with Crippen molar-refractivity contribution in [3.8, 4) is 0 Å². The Bertz CT molecular complexity index is 48.2. The quantitative estimate of drug-likeness (QED) is 0.329. The summed E-state index contributed by atoms with van der Waals surface area (Å²) in [6, 6.07) is 0. The van der Waals surface area contributed by atoms with Crippen LogP contribution < -0.4 is 0 Å². The van der Waals surface area contributed by atoms with Gasteiger partial charge in [0.05, 0.1) is 6.61 Å². The van der Waals surface area contributed by atoms with E-state index < -0.39 is 0 Å². The average molecular weight is 166 g/mol. The van der Waals surface area contributed by atoms with Crippen LogP contribution in [-0.4, -0.2) is 36.1 Å². The largest absolute Gasteiger partial charge is 0.428 e. The molecule has 0 amide bonds. The third-order valence-electron chi connectivity index (χ3n) is 0.873. The van der Waals surface area contributed by atoms with Gasteiger partial charge >= 0.3 is 0 Å². The van der Waals surface area contributed by atoms with Gasteiger partial charge < -0.3 is 9.16 Å². The second kappa shape index (κ2) is 8.49. The van der Waals surface area contributed by atoms with Crippen LogP contribution in [0.25, 0.3) is 0 Å². The molecule has 0 rings (SSSR count). The van der Waals surface area contributed by atoms with E-state index >= 15 is 0 Å². The normalized spacial score (nSPS) is 10.3. The highest BCUT2D eigenvalue weighted by molar-refractivity contribution is 7.80. The Balaban J connectivity index is 2.60. The molecule has 0 aromatic rings. The molecule has 0 unspecified atom stereocenters. The lowest BCUT2D eigenvalue weighted by molar-refractivity contribution is 0.135. The molecule has 0 bridgehead atoms. The molecular weight excluding hydrogens is 152 g/mol. The summed E-state index contributed by atoms with van der Waals surface area (Å²) in [4.78, 5) is 0. The Morgan fingerprint density at radius 2 is 2.00 bits per heavy atom. The number of hydrogen-bond donors (Lipinski definition) is 1. The standard InChI is InChI=1S/C5H14O2SSi/c8-5-4-6-2-1-3-7-9/h8H,1-5H2,9H3. The van der Waals surface area contributed by atoms with Crippen LogP contribution in [0.3, 0.4) is 0 Å². The maximum Gasteiger partial charge on any atom is 0.145 e. The minimum absolute atomic E-state index is 0.754. The summed E-state index contributed by atoms with van der Waals surface area (Å²) in [5.74, 6) is 0.807. The van der Waals surface area contributed by atoms with Crippen molar-refractivity contribution in [3.05, 3.63) is 0 Å². The number of thiol groups is 1. The maximum absolute atomic E-state index is 5.14. The zero-order valence-corrected chi connectivity index (χ0v) is 8.69. The molecule has 4 heteroatoms. The van der Waals surface area contributed by atoms with E-state index in [1.807, 2.05) is 0 Å². The zero-order valence-electron chi connectivity index (χ0n) is 5.80. The monoisotopic (exact) mass is 166 g/mol. The summed E-state index contributed by atoms with van der Waals surface area (Å²) in [5, 5.41) is 0. The molecule has 0 fully saturated rings. The van der Waals surface area contributed by atoms with Gasteiger partial charge in [0.2, 0.25) is 0 Å². The summed E-state index contributed by atoms with van der Waals surface area (Å²) in [5.41, 5.74) is 0. The van der Waals surface area contributed by atoms with Crippen molar-refractivity contribution >= 4 is 23.1 Å². The highest BCUT2D eigenvalue weighted by Gasteiger charge is 1.84. The first-order valence-corrected chi connectivity index (χ1v) is 4.54. The van der Waals surface area contributed by atoms with Crippen LogP contribution in [-0.2, 0) is 9.16 Å². The SMILES string of the molecule is [SiH3]OCCCOCCS. The fourth-order valence-electron chi connectivity index (χ4n) is 0.472. The van der Waals surface area contributed by atoms with Gasteiger partial charge in [0.25, 0.3) is 0 Å². The van der Waals surface area contributed by atoms with Gasteiger partial charge in [-0.2, -0.15) is 12.6 Å². The van der Waals surface area contributed by atoms with Gasteiger partial charge in [-0.3, -0.25) is 0 Å². The first kappa shape index (κ1) is 9.49. The summed E-state index contributed by atoms with van der Waals surface area (Å²) in [6.45, 7) is 2.41. The molecular formula is C5H14O2SSi. The molecule has 0 atom stereocenters. The van der Waals surface area contributed by atoms with Crippen molar-refractivity contribution in [2.75, 3.05) is 25.6 Å². The highest BCUT2D eigenvalue weighted by Crippen LogP contribution is 1.83. The van der Waals surface area contributed by atoms with E-state index in [9.17, 15) is 0 Å². The van der Waals surface area contributed by atoms with E-state index in [4.69, 9.17) is 9.16 Å². The van der Waals surface area contributed by atoms with Gasteiger partial charge in [-0.25, -0.2) is 0 Å².